The lowest BCUT2D eigenvalue weighted by Crippen LogP contribution is -2.24. The molecule has 0 bridgehead atoms. The van der Waals surface area contributed by atoms with Crippen LogP contribution < -0.4 is 0 Å². The van der Waals surface area contributed by atoms with Crippen LogP contribution >= 0.6 is 0 Å². The van der Waals surface area contributed by atoms with Gasteiger partial charge < -0.3 is 0 Å². The fraction of sp³-hybridized carbons (Fsp3) is 0.160. The van der Waals surface area contributed by atoms with E-state index in [4.69, 9.17) is 6.42 Å². The van der Waals surface area contributed by atoms with Gasteiger partial charge in [0.15, 0.2) is 5.78 Å². The number of hydrogen-bond donors (Lipinski definition) is 0. The molecular formula is C25H20O. The van der Waals surface area contributed by atoms with Crippen LogP contribution in [0.2, 0.25) is 0 Å². The number of carbonyl (C=O) groups excluding carboxylic acids is 1. The summed E-state index contributed by atoms with van der Waals surface area (Å²) in [6.07, 6.45) is 7.81. The van der Waals surface area contributed by atoms with Gasteiger partial charge in [-0.1, -0.05) is 78.9 Å². The van der Waals surface area contributed by atoms with Crippen LogP contribution in [0.25, 0.3) is 0 Å². The molecule has 3 aromatic carbocycles. The van der Waals surface area contributed by atoms with Crippen LogP contribution in [-0.4, -0.2) is 5.78 Å². The number of aryl methyl sites for hydroxylation is 1. The second kappa shape index (κ2) is 7.02. The molecule has 1 aliphatic rings. The molecule has 0 fully saturated rings. The van der Waals surface area contributed by atoms with Gasteiger partial charge >= 0.3 is 0 Å². The van der Waals surface area contributed by atoms with Gasteiger partial charge in [0.2, 0.25) is 0 Å². The number of ketones is 1. The van der Waals surface area contributed by atoms with Gasteiger partial charge in [0.1, 0.15) is 0 Å². The summed E-state index contributed by atoms with van der Waals surface area (Å²) in [5, 5.41) is 0. The number of fused-ring (bicyclic) bond motifs is 2. The van der Waals surface area contributed by atoms with E-state index in [0.717, 1.165) is 35.1 Å². The van der Waals surface area contributed by atoms with E-state index in [1.165, 1.54) is 5.56 Å². The van der Waals surface area contributed by atoms with Crippen molar-refractivity contribution in [3.8, 4) is 12.3 Å². The van der Waals surface area contributed by atoms with E-state index < -0.39 is 0 Å². The largest absolute Gasteiger partial charge is 0.289 e. The van der Waals surface area contributed by atoms with Crippen LogP contribution in [0, 0.1) is 18.3 Å². The average molecular weight is 336 g/mol. The van der Waals surface area contributed by atoms with Crippen molar-refractivity contribution in [2.45, 2.75) is 18.8 Å². The molecule has 126 valence electrons. The second-order valence-corrected chi connectivity index (χ2v) is 6.78. The van der Waals surface area contributed by atoms with Crippen molar-refractivity contribution < 1.29 is 4.79 Å². The van der Waals surface area contributed by atoms with E-state index in [0.29, 0.717) is 0 Å². The summed E-state index contributed by atoms with van der Waals surface area (Å²) in [5.74, 6) is 3.24. The molecule has 26 heavy (non-hydrogen) atoms. The topological polar surface area (TPSA) is 17.1 Å². The SMILES string of the molecule is C#C[C@@H](CCc1ccccc1)C1c2ccccc2C(=O)c2ccccc21. The number of rotatable bonds is 4. The molecule has 3 aromatic rings. The fourth-order valence-electron chi connectivity index (χ4n) is 4.01. The maximum Gasteiger partial charge on any atom is 0.193 e. The summed E-state index contributed by atoms with van der Waals surface area (Å²) < 4.78 is 0. The van der Waals surface area contributed by atoms with Crippen molar-refractivity contribution in [2.75, 3.05) is 0 Å². The van der Waals surface area contributed by atoms with Crippen molar-refractivity contribution in [1.82, 2.24) is 0 Å². The van der Waals surface area contributed by atoms with E-state index in [9.17, 15) is 4.79 Å². The maximum absolute atomic E-state index is 12.9. The highest BCUT2D eigenvalue weighted by atomic mass is 16.1. The van der Waals surface area contributed by atoms with E-state index in [1.54, 1.807) is 0 Å². The molecule has 1 aliphatic carbocycles. The Hall–Kier alpha value is -3.11. The Morgan fingerprint density at radius 3 is 1.92 bits per heavy atom. The predicted octanol–water partition coefficient (Wildman–Crippen LogP) is 5.25. The van der Waals surface area contributed by atoms with Gasteiger partial charge in [0.05, 0.1) is 0 Å². The van der Waals surface area contributed by atoms with E-state index in [-0.39, 0.29) is 17.6 Å². The van der Waals surface area contributed by atoms with Crippen molar-refractivity contribution in [3.05, 3.63) is 107 Å². The summed E-state index contributed by atoms with van der Waals surface area (Å²) >= 11 is 0. The van der Waals surface area contributed by atoms with Crippen molar-refractivity contribution >= 4 is 5.78 Å². The summed E-state index contributed by atoms with van der Waals surface area (Å²) in [6.45, 7) is 0. The first-order valence-electron chi connectivity index (χ1n) is 9.02. The Morgan fingerprint density at radius 2 is 1.35 bits per heavy atom. The predicted molar refractivity (Wildman–Crippen MR) is 105 cm³/mol. The Bertz CT molecular complexity index is 929. The zero-order chi connectivity index (χ0) is 17.9. The Kier molecular flexibility index (Phi) is 4.42. The monoisotopic (exact) mass is 336 g/mol. The van der Waals surface area contributed by atoms with Gasteiger partial charge in [-0.25, -0.2) is 0 Å². The zero-order valence-corrected chi connectivity index (χ0v) is 14.6. The third-order valence-electron chi connectivity index (χ3n) is 5.28. The van der Waals surface area contributed by atoms with E-state index in [1.807, 2.05) is 42.5 Å². The van der Waals surface area contributed by atoms with E-state index in [2.05, 4.69) is 42.3 Å². The first-order chi connectivity index (χ1) is 12.8. The molecule has 1 heteroatoms. The quantitative estimate of drug-likeness (QED) is 0.595. The molecule has 0 radical (unpaired) electrons. The van der Waals surface area contributed by atoms with Gasteiger partial charge in [0.25, 0.3) is 0 Å². The molecule has 0 heterocycles. The minimum atomic E-state index is 0.0469. The first kappa shape index (κ1) is 16.4. The van der Waals surface area contributed by atoms with Gasteiger partial charge in [-0.15, -0.1) is 12.3 Å². The van der Waals surface area contributed by atoms with Crippen molar-refractivity contribution in [2.24, 2.45) is 5.92 Å². The lowest BCUT2D eigenvalue weighted by molar-refractivity contribution is 0.103. The molecule has 0 spiro atoms. The average Bonchev–Trinajstić information content (AvgIpc) is 2.71. The summed E-state index contributed by atoms with van der Waals surface area (Å²) in [5.41, 5.74) is 4.99. The van der Waals surface area contributed by atoms with Crippen molar-refractivity contribution in [1.29, 1.82) is 0 Å². The molecule has 0 unspecified atom stereocenters. The van der Waals surface area contributed by atoms with E-state index >= 15 is 0 Å². The third-order valence-corrected chi connectivity index (χ3v) is 5.28. The van der Waals surface area contributed by atoms with Crippen LogP contribution in [0.5, 0.6) is 0 Å². The number of terminal acetylenes is 1. The van der Waals surface area contributed by atoms with Crippen LogP contribution in [-0.2, 0) is 6.42 Å². The Balaban J connectivity index is 1.74. The molecule has 4 rings (SSSR count). The molecule has 1 atom stereocenters. The van der Waals surface area contributed by atoms with Gasteiger partial charge in [-0.2, -0.15) is 0 Å². The van der Waals surface area contributed by atoms with Crippen LogP contribution in [0.3, 0.4) is 0 Å². The van der Waals surface area contributed by atoms with Crippen LogP contribution in [0.15, 0.2) is 78.9 Å². The normalized spacial score (nSPS) is 14.2. The minimum Gasteiger partial charge on any atom is -0.289 e. The van der Waals surface area contributed by atoms with Gasteiger partial charge in [-0.3, -0.25) is 4.79 Å². The standard InChI is InChI=1S/C25H20O/c1-2-19(17-16-18-10-4-3-5-11-18)24-20-12-6-8-14-22(20)25(26)23-15-9-7-13-21(23)24/h1,3-15,19,24H,16-17H2/t19-/m0/s1. The Morgan fingerprint density at radius 1 is 0.808 bits per heavy atom. The summed E-state index contributed by atoms with van der Waals surface area (Å²) in [7, 11) is 0. The smallest absolute Gasteiger partial charge is 0.193 e. The maximum atomic E-state index is 12.9. The highest BCUT2D eigenvalue weighted by Crippen LogP contribution is 2.42. The highest BCUT2D eigenvalue weighted by molar-refractivity contribution is 6.12. The molecule has 0 N–H and O–H groups in total. The molecule has 0 amide bonds. The number of hydrogen-bond acceptors (Lipinski definition) is 1. The van der Waals surface area contributed by atoms with Gasteiger partial charge in [0, 0.05) is 23.0 Å². The Labute approximate surface area is 154 Å². The minimum absolute atomic E-state index is 0.0469. The number of carbonyl (C=O) groups is 1. The molecule has 0 saturated heterocycles. The fourth-order valence-corrected chi connectivity index (χ4v) is 4.01. The van der Waals surface area contributed by atoms with Crippen LogP contribution in [0.4, 0.5) is 0 Å². The van der Waals surface area contributed by atoms with Crippen LogP contribution in [0.1, 0.15) is 45.0 Å². The second-order valence-electron chi connectivity index (χ2n) is 6.78. The summed E-state index contributed by atoms with van der Waals surface area (Å²) in [6, 6.07) is 26.2. The molecule has 0 aromatic heterocycles. The lowest BCUT2D eigenvalue weighted by atomic mass is 9.70. The van der Waals surface area contributed by atoms with Crippen molar-refractivity contribution in [3.63, 3.8) is 0 Å². The lowest BCUT2D eigenvalue weighted by Gasteiger charge is -2.31. The first-order valence-corrected chi connectivity index (χ1v) is 9.02. The van der Waals surface area contributed by atoms with Gasteiger partial charge in [-0.05, 0) is 29.5 Å². The number of benzene rings is 3. The molecule has 1 nitrogen and oxygen atoms in total. The molecular weight excluding hydrogens is 316 g/mol. The zero-order valence-electron chi connectivity index (χ0n) is 14.6. The molecule has 0 saturated carbocycles. The summed E-state index contributed by atoms with van der Waals surface area (Å²) in [4.78, 5) is 12.9. The highest BCUT2D eigenvalue weighted by Gasteiger charge is 2.34. The third kappa shape index (κ3) is 2.85. The molecule has 0 aliphatic heterocycles.